The largest absolute Gasteiger partial charge is 0.436 e. The van der Waals surface area contributed by atoms with Crippen LogP contribution >= 0.6 is 0 Å². The Morgan fingerprint density at radius 2 is 1.83 bits per heavy atom. The van der Waals surface area contributed by atoms with Crippen LogP contribution in [0.2, 0.25) is 0 Å². The highest BCUT2D eigenvalue weighted by Crippen LogP contribution is 2.38. The first-order chi connectivity index (χ1) is 14.5. The lowest BCUT2D eigenvalue weighted by molar-refractivity contribution is 0.0913. The van der Waals surface area contributed by atoms with Crippen LogP contribution in [0, 0.1) is 26.7 Å². The lowest BCUT2D eigenvalue weighted by atomic mass is 9.79. The van der Waals surface area contributed by atoms with E-state index in [4.69, 9.17) is 9.40 Å². The highest BCUT2D eigenvalue weighted by Gasteiger charge is 2.27. The Kier molecular flexibility index (Phi) is 5.88. The van der Waals surface area contributed by atoms with Crippen LogP contribution in [-0.4, -0.2) is 32.4 Å². The molecule has 3 aromatic rings. The molecule has 0 aromatic carbocycles. The molecule has 0 unspecified atom stereocenters. The molecule has 0 saturated heterocycles. The fourth-order valence-electron chi connectivity index (χ4n) is 4.25. The Hall–Kier alpha value is -3.09. The molecule has 0 atom stereocenters. The van der Waals surface area contributed by atoms with Crippen LogP contribution < -0.4 is 5.32 Å². The van der Waals surface area contributed by atoms with Crippen molar-refractivity contribution < 1.29 is 9.21 Å². The van der Waals surface area contributed by atoms with Crippen molar-refractivity contribution in [3.8, 4) is 11.1 Å². The average Bonchev–Trinajstić information content (AvgIpc) is 3.11. The molecular formula is C23H27N5O2. The van der Waals surface area contributed by atoms with E-state index in [1.54, 1.807) is 26.2 Å². The Morgan fingerprint density at radius 1 is 1.10 bits per heavy atom. The number of oxazole rings is 1. The van der Waals surface area contributed by atoms with E-state index in [-0.39, 0.29) is 5.91 Å². The van der Waals surface area contributed by atoms with Crippen molar-refractivity contribution in [1.82, 2.24) is 25.3 Å². The second-order valence-electron chi connectivity index (χ2n) is 8.03. The van der Waals surface area contributed by atoms with Crippen LogP contribution in [0.5, 0.6) is 0 Å². The maximum atomic E-state index is 12.4. The highest BCUT2D eigenvalue weighted by molar-refractivity contribution is 5.92. The van der Waals surface area contributed by atoms with Crippen molar-refractivity contribution in [2.45, 2.75) is 52.4 Å². The zero-order valence-electron chi connectivity index (χ0n) is 17.7. The predicted octanol–water partition coefficient (Wildman–Crippen LogP) is 4.16. The number of amides is 1. The van der Waals surface area contributed by atoms with Crippen LogP contribution in [0.15, 0.2) is 35.1 Å². The minimum absolute atomic E-state index is 0.179. The number of aryl methyl sites for hydroxylation is 3. The molecule has 3 aromatic heterocycles. The van der Waals surface area contributed by atoms with Gasteiger partial charge in [-0.15, -0.1) is 0 Å². The number of carbonyl (C=O) groups is 1. The van der Waals surface area contributed by atoms with Gasteiger partial charge in [0.1, 0.15) is 5.82 Å². The number of aromatic nitrogens is 4. The summed E-state index contributed by atoms with van der Waals surface area (Å²) in [5, 5.41) is 3.02. The van der Waals surface area contributed by atoms with Gasteiger partial charge < -0.3 is 9.73 Å². The van der Waals surface area contributed by atoms with Gasteiger partial charge in [0, 0.05) is 43.5 Å². The molecule has 4 rings (SSSR count). The van der Waals surface area contributed by atoms with Crippen molar-refractivity contribution in [1.29, 1.82) is 0 Å². The van der Waals surface area contributed by atoms with Crippen molar-refractivity contribution in [2.24, 2.45) is 5.92 Å². The van der Waals surface area contributed by atoms with Crippen molar-refractivity contribution in [3.05, 3.63) is 59.6 Å². The van der Waals surface area contributed by atoms with Gasteiger partial charge >= 0.3 is 0 Å². The fraction of sp³-hybridized carbons (Fsp3) is 0.435. The topological polar surface area (TPSA) is 93.8 Å². The van der Waals surface area contributed by atoms with Crippen molar-refractivity contribution in [3.63, 3.8) is 0 Å². The highest BCUT2D eigenvalue weighted by atomic mass is 16.4. The van der Waals surface area contributed by atoms with E-state index < -0.39 is 0 Å². The summed E-state index contributed by atoms with van der Waals surface area (Å²) in [5.41, 5.74) is 3.96. The lowest BCUT2D eigenvalue weighted by Gasteiger charge is -2.29. The second kappa shape index (κ2) is 8.73. The minimum Gasteiger partial charge on any atom is -0.436 e. The zero-order chi connectivity index (χ0) is 21.1. The summed E-state index contributed by atoms with van der Waals surface area (Å²) in [7, 11) is 0. The van der Waals surface area contributed by atoms with Crippen LogP contribution in [0.1, 0.15) is 65.3 Å². The molecule has 0 radical (unpaired) electrons. The molecule has 0 spiro atoms. The van der Waals surface area contributed by atoms with E-state index in [9.17, 15) is 4.79 Å². The summed E-state index contributed by atoms with van der Waals surface area (Å²) in [5.74, 6) is 2.32. The van der Waals surface area contributed by atoms with Crippen molar-refractivity contribution >= 4 is 5.91 Å². The fourth-order valence-corrected chi connectivity index (χ4v) is 4.25. The van der Waals surface area contributed by atoms with E-state index in [2.05, 4.69) is 20.3 Å². The number of hydrogen-bond donors (Lipinski definition) is 1. The molecule has 1 amide bonds. The van der Waals surface area contributed by atoms with E-state index in [0.29, 0.717) is 35.7 Å². The van der Waals surface area contributed by atoms with Crippen LogP contribution in [0.4, 0.5) is 0 Å². The van der Waals surface area contributed by atoms with Crippen LogP contribution in [-0.2, 0) is 0 Å². The third-order valence-corrected chi connectivity index (χ3v) is 5.82. The number of pyridine rings is 1. The minimum atomic E-state index is -0.179. The summed E-state index contributed by atoms with van der Waals surface area (Å²) in [6.07, 6.45) is 9.75. The third kappa shape index (κ3) is 4.40. The summed E-state index contributed by atoms with van der Waals surface area (Å²) in [6.45, 7) is 6.14. The van der Waals surface area contributed by atoms with Gasteiger partial charge in [-0.25, -0.2) is 15.0 Å². The summed E-state index contributed by atoms with van der Waals surface area (Å²) in [6, 6.07) is 4.01. The van der Waals surface area contributed by atoms with Gasteiger partial charge in [0.2, 0.25) is 5.76 Å². The Labute approximate surface area is 176 Å². The molecule has 1 aliphatic carbocycles. The van der Waals surface area contributed by atoms with Crippen molar-refractivity contribution in [2.75, 3.05) is 6.54 Å². The summed E-state index contributed by atoms with van der Waals surface area (Å²) >= 11 is 0. The number of rotatable bonds is 5. The molecule has 3 heterocycles. The normalized spacial score (nSPS) is 18.9. The van der Waals surface area contributed by atoms with E-state index in [0.717, 1.165) is 48.3 Å². The molecule has 30 heavy (non-hydrogen) atoms. The molecule has 1 N–H and O–H groups in total. The maximum Gasteiger partial charge on any atom is 0.289 e. The molecule has 1 fully saturated rings. The molecule has 7 heteroatoms. The molecular weight excluding hydrogens is 378 g/mol. The lowest BCUT2D eigenvalue weighted by Crippen LogP contribution is -2.31. The second-order valence-corrected chi connectivity index (χ2v) is 8.03. The smallest absolute Gasteiger partial charge is 0.289 e. The van der Waals surface area contributed by atoms with Gasteiger partial charge in [0.25, 0.3) is 5.91 Å². The van der Waals surface area contributed by atoms with Gasteiger partial charge in [-0.1, -0.05) is 0 Å². The first kappa shape index (κ1) is 20.2. The molecule has 0 bridgehead atoms. The number of hydrogen-bond acceptors (Lipinski definition) is 6. The van der Waals surface area contributed by atoms with Crippen LogP contribution in [0.25, 0.3) is 11.1 Å². The SMILES string of the molecule is Cc1ncc(-c2ccncc2)c(C2CCC(CNC(=O)c3oc(C)nc3C)CC2)n1. The van der Waals surface area contributed by atoms with Gasteiger partial charge in [0.15, 0.2) is 5.89 Å². The summed E-state index contributed by atoms with van der Waals surface area (Å²) < 4.78 is 5.42. The Bertz CT molecular complexity index is 1020. The molecule has 7 nitrogen and oxygen atoms in total. The Morgan fingerprint density at radius 3 is 2.50 bits per heavy atom. The first-order valence-electron chi connectivity index (χ1n) is 10.5. The predicted molar refractivity (Wildman–Crippen MR) is 113 cm³/mol. The standard InChI is InChI=1S/C23H27N5O2/c1-14-22(30-16(3)27-14)23(29)26-12-17-4-6-19(7-5-17)21-20(13-25-15(2)28-21)18-8-10-24-11-9-18/h8-11,13,17,19H,4-7,12H2,1-3H3,(H,26,29). The van der Waals surface area contributed by atoms with E-state index in [1.165, 1.54) is 0 Å². The third-order valence-electron chi connectivity index (χ3n) is 5.82. The van der Waals surface area contributed by atoms with Crippen LogP contribution in [0.3, 0.4) is 0 Å². The average molecular weight is 406 g/mol. The summed E-state index contributed by atoms with van der Waals surface area (Å²) in [4.78, 5) is 29.9. The number of nitrogens with one attached hydrogen (secondary N) is 1. The van der Waals surface area contributed by atoms with E-state index >= 15 is 0 Å². The first-order valence-corrected chi connectivity index (χ1v) is 10.5. The number of carbonyl (C=O) groups excluding carboxylic acids is 1. The molecule has 1 saturated carbocycles. The molecule has 1 aliphatic rings. The van der Waals surface area contributed by atoms with Gasteiger partial charge in [0.05, 0.1) is 11.4 Å². The van der Waals surface area contributed by atoms with E-state index in [1.807, 2.05) is 25.3 Å². The number of nitrogens with zero attached hydrogens (tertiary/aromatic N) is 4. The zero-order valence-corrected chi connectivity index (χ0v) is 17.7. The van der Waals surface area contributed by atoms with Gasteiger partial charge in [-0.3, -0.25) is 9.78 Å². The Balaban J connectivity index is 1.39. The van der Waals surface area contributed by atoms with Gasteiger partial charge in [-0.05, 0) is 63.1 Å². The quantitative estimate of drug-likeness (QED) is 0.685. The molecule has 0 aliphatic heterocycles. The molecule has 156 valence electrons. The monoisotopic (exact) mass is 405 g/mol. The maximum absolute atomic E-state index is 12.4. The van der Waals surface area contributed by atoms with Gasteiger partial charge in [-0.2, -0.15) is 0 Å².